The van der Waals surface area contributed by atoms with Crippen LogP contribution in [0.5, 0.6) is 0 Å². The maximum atomic E-state index is 12.9. The van der Waals surface area contributed by atoms with Crippen LogP contribution in [0.1, 0.15) is 49.7 Å². The van der Waals surface area contributed by atoms with E-state index >= 15 is 0 Å². The van der Waals surface area contributed by atoms with E-state index < -0.39 is 39.0 Å². The highest BCUT2D eigenvalue weighted by molar-refractivity contribution is 7.89. The maximum Gasteiger partial charge on any atom is 0.416 e. The zero-order valence-electron chi connectivity index (χ0n) is 18.6. The number of alkyl halides is 3. The molecule has 1 aromatic carbocycles. The van der Waals surface area contributed by atoms with Gasteiger partial charge in [-0.15, -0.1) is 12.4 Å². The van der Waals surface area contributed by atoms with E-state index in [1.54, 1.807) is 0 Å². The molecule has 2 fully saturated rings. The number of primary sulfonamides is 1. The molecule has 1 saturated heterocycles. The van der Waals surface area contributed by atoms with Crippen LogP contribution in [-0.4, -0.2) is 56.9 Å². The molecule has 192 valence electrons. The smallest absolute Gasteiger partial charge is 0.350 e. The van der Waals surface area contributed by atoms with Gasteiger partial charge >= 0.3 is 6.18 Å². The minimum Gasteiger partial charge on any atom is -0.350 e. The van der Waals surface area contributed by atoms with Crippen LogP contribution in [0.15, 0.2) is 23.1 Å². The van der Waals surface area contributed by atoms with Crippen molar-refractivity contribution in [2.75, 3.05) is 19.6 Å². The van der Waals surface area contributed by atoms with Crippen LogP contribution in [0.3, 0.4) is 0 Å². The number of nitrogens with one attached hydrogen (secondary N) is 2. The molecule has 2 atom stereocenters. The Kier molecular flexibility index (Phi) is 9.75. The number of nitrogens with zero attached hydrogens (tertiary/aromatic N) is 1. The van der Waals surface area contributed by atoms with E-state index in [0.29, 0.717) is 12.1 Å². The van der Waals surface area contributed by atoms with Gasteiger partial charge in [0.05, 0.1) is 23.4 Å². The van der Waals surface area contributed by atoms with Crippen molar-refractivity contribution in [1.82, 2.24) is 15.5 Å². The minimum atomic E-state index is -4.76. The summed E-state index contributed by atoms with van der Waals surface area (Å²) in [5.41, 5.74) is -1.36. The lowest BCUT2D eigenvalue weighted by Crippen LogP contribution is -2.54. The maximum absolute atomic E-state index is 12.9. The molecule has 2 amide bonds. The molecule has 0 bridgehead atoms. The molecule has 8 nitrogen and oxygen atoms in total. The highest BCUT2D eigenvalue weighted by Crippen LogP contribution is 2.32. The zero-order chi connectivity index (χ0) is 24.2. The SMILES string of the molecule is Cl.NS(=O)(=O)c1cc(C(F)(F)F)ccc1CC(=O)NCC(=O)N[C@@H]1CCCC[C@H]1N1CCCC1. The van der Waals surface area contributed by atoms with Gasteiger partial charge in [0, 0.05) is 12.1 Å². The van der Waals surface area contributed by atoms with Gasteiger partial charge in [-0.05, 0) is 56.5 Å². The molecule has 4 N–H and O–H groups in total. The molecular weight excluding hydrogens is 497 g/mol. The summed E-state index contributed by atoms with van der Waals surface area (Å²) >= 11 is 0. The number of nitrogens with two attached hydrogens (primary N) is 1. The van der Waals surface area contributed by atoms with Gasteiger partial charge in [-0.25, -0.2) is 13.6 Å². The van der Waals surface area contributed by atoms with Gasteiger partial charge in [0.1, 0.15) is 0 Å². The number of likely N-dealkylation sites (tertiary alicyclic amines) is 1. The first-order valence-corrected chi connectivity index (χ1v) is 12.5. The Morgan fingerprint density at radius 1 is 1.06 bits per heavy atom. The second-order valence-corrected chi connectivity index (χ2v) is 10.1. The summed E-state index contributed by atoms with van der Waals surface area (Å²) in [4.78, 5) is 26.3. The molecule has 0 aromatic heterocycles. The molecule has 1 aliphatic heterocycles. The van der Waals surface area contributed by atoms with Crippen molar-refractivity contribution in [2.24, 2.45) is 5.14 Å². The van der Waals surface area contributed by atoms with Crippen molar-refractivity contribution >= 4 is 34.2 Å². The number of benzene rings is 1. The summed E-state index contributed by atoms with van der Waals surface area (Å²) < 4.78 is 62.3. The summed E-state index contributed by atoms with van der Waals surface area (Å²) in [7, 11) is -4.49. The van der Waals surface area contributed by atoms with Gasteiger partial charge in [0.25, 0.3) is 0 Å². The molecule has 2 aliphatic rings. The summed E-state index contributed by atoms with van der Waals surface area (Å²) in [5.74, 6) is -1.06. The van der Waals surface area contributed by atoms with Gasteiger partial charge < -0.3 is 10.6 Å². The third-order valence-corrected chi connectivity index (χ3v) is 7.18. The largest absolute Gasteiger partial charge is 0.416 e. The Hall–Kier alpha value is -1.89. The summed E-state index contributed by atoms with van der Waals surface area (Å²) in [5, 5.41) is 10.4. The Bertz CT molecular complexity index is 985. The highest BCUT2D eigenvalue weighted by Gasteiger charge is 2.33. The molecular formula is C21H30ClF3N4O4S. The molecule has 0 spiro atoms. The number of sulfonamides is 1. The van der Waals surface area contributed by atoms with E-state index in [2.05, 4.69) is 15.5 Å². The van der Waals surface area contributed by atoms with E-state index in [1.807, 2.05) is 0 Å². The van der Waals surface area contributed by atoms with Gasteiger partial charge in [0.15, 0.2) is 0 Å². The van der Waals surface area contributed by atoms with Crippen LogP contribution >= 0.6 is 12.4 Å². The van der Waals surface area contributed by atoms with Crippen molar-refractivity contribution < 1.29 is 31.2 Å². The number of halogens is 4. The number of hydrogen-bond acceptors (Lipinski definition) is 5. The first-order valence-electron chi connectivity index (χ1n) is 11.0. The molecule has 1 saturated carbocycles. The van der Waals surface area contributed by atoms with Crippen LogP contribution in [0.4, 0.5) is 13.2 Å². The van der Waals surface area contributed by atoms with Crippen LogP contribution in [0.25, 0.3) is 0 Å². The summed E-state index contributed by atoms with van der Waals surface area (Å²) in [6.07, 6.45) is 1.03. The van der Waals surface area contributed by atoms with Crippen LogP contribution in [0, 0.1) is 0 Å². The van der Waals surface area contributed by atoms with Gasteiger partial charge in [-0.3, -0.25) is 14.5 Å². The van der Waals surface area contributed by atoms with Crippen molar-refractivity contribution in [1.29, 1.82) is 0 Å². The first kappa shape index (κ1) is 28.3. The van der Waals surface area contributed by atoms with Crippen molar-refractivity contribution in [3.05, 3.63) is 29.3 Å². The monoisotopic (exact) mass is 526 g/mol. The Labute approximate surface area is 203 Å². The molecule has 1 aliphatic carbocycles. The fourth-order valence-corrected chi connectivity index (χ4v) is 5.40. The Balaban J connectivity index is 0.00000408. The normalized spacial score (nSPS) is 21.5. The van der Waals surface area contributed by atoms with Gasteiger partial charge in [0.2, 0.25) is 21.8 Å². The lowest BCUT2D eigenvalue weighted by molar-refractivity contribution is -0.137. The quantitative estimate of drug-likeness (QED) is 0.501. The number of amides is 2. The number of carbonyl (C=O) groups is 2. The third-order valence-electron chi connectivity index (χ3n) is 6.18. The van der Waals surface area contributed by atoms with Gasteiger partial charge in [-0.2, -0.15) is 13.2 Å². The van der Waals surface area contributed by atoms with Crippen LogP contribution in [0.2, 0.25) is 0 Å². The van der Waals surface area contributed by atoms with Crippen molar-refractivity contribution in [3.8, 4) is 0 Å². The zero-order valence-corrected chi connectivity index (χ0v) is 20.2. The number of rotatable bonds is 7. The molecule has 1 heterocycles. The molecule has 0 unspecified atom stereocenters. The first-order chi connectivity index (χ1) is 15.4. The van der Waals surface area contributed by atoms with E-state index in [9.17, 15) is 31.2 Å². The van der Waals surface area contributed by atoms with Crippen molar-refractivity contribution in [3.63, 3.8) is 0 Å². The van der Waals surface area contributed by atoms with E-state index in [0.717, 1.165) is 57.7 Å². The predicted molar refractivity (Wildman–Crippen MR) is 122 cm³/mol. The topological polar surface area (TPSA) is 122 Å². The number of hydrogen-bond donors (Lipinski definition) is 3. The molecule has 3 rings (SSSR count). The molecule has 13 heteroatoms. The molecule has 34 heavy (non-hydrogen) atoms. The third kappa shape index (κ3) is 7.56. The summed E-state index contributed by atoms with van der Waals surface area (Å²) in [6.45, 7) is 1.73. The lowest BCUT2D eigenvalue weighted by atomic mass is 9.89. The van der Waals surface area contributed by atoms with E-state index in [4.69, 9.17) is 5.14 Å². The minimum absolute atomic E-state index is 0. The lowest BCUT2D eigenvalue weighted by Gasteiger charge is -2.38. The Morgan fingerprint density at radius 3 is 2.32 bits per heavy atom. The highest BCUT2D eigenvalue weighted by atomic mass is 35.5. The standard InChI is InChI=1S/C21H29F3N4O4S.ClH/c22-21(23,24)15-8-7-14(18(12-15)33(25,31)32)11-19(29)26-13-20(30)27-16-5-1-2-6-17(16)28-9-3-4-10-28;/h7-8,12,16-17H,1-6,9-11,13H2,(H,26,29)(H,27,30)(H2,25,31,32);1H/t16-,17-;/m1./s1. The van der Waals surface area contributed by atoms with E-state index in [1.165, 1.54) is 0 Å². The van der Waals surface area contributed by atoms with E-state index in [-0.39, 0.29) is 42.5 Å². The summed E-state index contributed by atoms with van der Waals surface area (Å²) in [6, 6.07) is 2.29. The molecule has 0 radical (unpaired) electrons. The predicted octanol–water partition coefficient (Wildman–Crippen LogP) is 1.96. The Morgan fingerprint density at radius 2 is 1.71 bits per heavy atom. The van der Waals surface area contributed by atoms with Crippen LogP contribution < -0.4 is 15.8 Å². The average Bonchev–Trinajstić information content (AvgIpc) is 3.26. The van der Waals surface area contributed by atoms with Crippen LogP contribution in [-0.2, 0) is 32.2 Å². The molecule has 1 aromatic rings. The fraction of sp³-hybridized carbons (Fsp3) is 0.619. The second kappa shape index (κ2) is 11.7. The van der Waals surface area contributed by atoms with Gasteiger partial charge in [-0.1, -0.05) is 18.9 Å². The second-order valence-electron chi connectivity index (χ2n) is 8.59. The van der Waals surface area contributed by atoms with Crippen molar-refractivity contribution in [2.45, 2.75) is 68.1 Å². The number of carbonyl (C=O) groups excluding carboxylic acids is 2. The average molecular weight is 527 g/mol. The fourth-order valence-electron chi connectivity index (χ4n) is 4.60.